The Morgan fingerprint density at radius 1 is 1.21 bits per heavy atom. The number of carbonyl (C=O) groups is 3. The zero-order valence-electron chi connectivity index (χ0n) is 16.6. The molecule has 0 aliphatic heterocycles. The van der Waals surface area contributed by atoms with E-state index in [1.807, 2.05) is 38.1 Å². The van der Waals surface area contributed by atoms with Gasteiger partial charge in [-0.05, 0) is 38.0 Å². The minimum Gasteiger partial charge on any atom is -0.497 e. The number of methoxy groups -OCH3 is 2. The molecule has 0 aliphatic carbocycles. The maximum atomic E-state index is 12.5. The van der Waals surface area contributed by atoms with Crippen LogP contribution in [-0.2, 0) is 24.9 Å². The molecule has 8 nitrogen and oxygen atoms in total. The Morgan fingerprint density at radius 3 is 2.32 bits per heavy atom. The van der Waals surface area contributed by atoms with Gasteiger partial charge < -0.3 is 25.6 Å². The number of amides is 1. The van der Waals surface area contributed by atoms with Gasteiger partial charge in [0.05, 0.1) is 20.3 Å². The van der Waals surface area contributed by atoms with Crippen molar-refractivity contribution in [2.45, 2.75) is 49.3 Å². The number of carbonyl (C=O) groups excluding carboxylic acids is 2. The van der Waals surface area contributed by atoms with Gasteiger partial charge in [0.2, 0.25) is 5.91 Å². The molecule has 9 heteroatoms. The zero-order valence-corrected chi connectivity index (χ0v) is 17.4. The average molecular weight is 413 g/mol. The molecule has 4 N–H and O–H groups in total. The lowest BCUT2D eigenvalue weighted by Gasteiger charge is -2.31. The van der Waals surface area contributed by atoms with Crippen molar-refractivity contribution in [3.05, 3.63) is 29.8 Å². The number of rotatable bonds is 11. The van der Waals surface area contributed by atoms with E-state index < -0.39 is 34.7 Å². The molecule has 0 aliphatic rings. The van der Waals surface area contributed by atoms with Crippen LogP contribution in [0.15, 0.2) is 24.3 Å². The van der Waals surface area contributed by atoms with E-state index >= 15 is 0 Å². The molecule has 0 heterocycles. The summed E-state index contributed by atoms with van der Waals surface area (Å²) in [6, 6.07) is 5.43. The Bertz CT molecular complexity index is 678. The Labute approximate surface area is 169 Å². The van der Waals surface area contributed by atoms with Crippen molar-refractivity contribution in [2.75, 3.05) is 14.2 Å². The topological polar surface area (TPSA) is 128 Å². The van der Waals surface area contributed by atoms with Gasteiger partial charge in [0.25, 0.3) is 0 Å². The Hall–Kier alpha value is -2.26. The SMILES string of the molecule is COC(=O)CCC(NC(=O)C(N)C(C)(C)SCc1ccc(OC)cc1)C(=O)O. The van der Waals surface area contributed by atoms with Crippen molar-refractivity contribution in [3.8, 4) is 5.75 Å². The van der Waals surface area contributed by atoms with E-state index in [4.69, 9.17) is 10.5 Å². The first-order chi connectivity index (χ1) is 13.1. The van der Waals surface area contributed by atoms with E-state index in [1.165, 1.54) is 18.9 Å². The van der Waals surface area contributed by atoms with Gasteiger partial charge in [-0.3, -0.25) is 9.59 Å². The molecule has 0 aromatic heterocycles. The third-order valence-corrected chi connectivity index (χ3v) is 5.76. The summed E-state index contributed by atoms with van der Waals surface area (Å²) in [7, 11) is 2.81. The molecule has 1 amide bonds. The standard InChI is InChI=1S/C19H28N2O6S/c1-19(2,28-11-12-5-7-13(26-3)8-6-12)16(20)17(23)21-14(18(24)25)9-10-15(22)27-4/h5-8,14,16H,9-11,20H2,1-4H3,(H,21,23)(H,24,25). The second kappa shape index (κ2) is 10.9. The van der Waals surface area contributed by atoms with Gasteiger partial charge in [0.1, 0.15) is 11.8 Å². The molecule has 0 bridgehead atoms. The Kier molecular flexibility index (Phi) is 9.27. The summed E-state index contributed by atoms with van der Waals surface area (Å²) in [4.78, 5) is 35.0. The Morgan fingerprint density at radius 2 is 1.82 bits per heavy atom. The van der Waals surface area contributed by atoms with Gasteiger partial charge in [0.15, 0.2) is 0 Å². The number of nitrogens with one attached hydrogen (secondary N) is 1. The molecule has 156 valence electrons. The van der Waals surface area contributed by atoms with Gasteiger partial charge >= 0.3 is 11.9 Å². The van der Waals surface area contributed by atoms with Crippen molar-refractivity contribution in [2.24, 2.45) is 5.73 Å². The zero-order chi connectivity index (χ0) is 21.3. The fourth-order valence-electron chi connectivity index (χ4n) is 2.28. The number of hydrogen-bond acceptors (Lipinski definition) is 7. The summed E-state index contributed by atoms with van der Waals surface area (Å²) in [5, 5.41) is 11.7. The predicted molar refractivity (Wildman–Crippen MR) is 107 cm³/mol. The summed E-state index contributed by atoms with van der Waals surface area (Å²) < 4.78 is 8.98. The molecule has 1 rings (SSSR count). The number of hydrogen-bond donors (Lipinski definition) is 3. The van der Waals surface area contributed by atoms with Crippen molar-refractivity contribution >= 4 is 29.6 Å². The highest BCUT2D eigenvalue weighted by Crippen LogP contribution is 2.31. The summed E-state index contributed by atoms with van der Waals surface area (Å²) in [5.74, 6) is -0.962. The van der Waals surface area contributed by atoms with Crippen LogP contribution >= 0.6 is 11.8 Å². The second-order valence-corrected chi connectivity index (χ2v) is 8.36. The molecule has 0 saturated carbocycles. The molecule has 0 fully saturated rings. The molecule has 1 aromatic carbocycles. The third-order valence-electron chi connectivity index (χ3n) is 4.28. The smallest absolute Gasteiger partial charge is 0.326 e. The quantitative estimate of drug-likeness (QED) is 0.467. The fourth-order valence-corrected chi connectivity index (χ4v) is 3.30. The number of nitrogens with two attached hydrogens (primary N) is 1. The second-order valence-electron chi connectivity index (χ2n) is 6.73. The lowest BCUT2D eigenvalue weighted by atomic mass is 10.0. The van der Waals surface area contributed by atoms with Crippen LogP contribution in [0.25, 0.3) is 0 Å². The van der Waals surface area contributed by atoms with E-state index in [2.05, 4.69) is 10.1 Å². The highest BCUT2D eigenvalue weighted by atomic mass is 32.2. The number of aliphatic carboxylic acids is 1. The number of benzene rings is 1. The van der Waals surface area contributed by atoms with Crippen LogP contribution in [0, 0.1) is 0 Å². The molecular formula is C19H28N2O6S. The maximum absolute atomic E-state index is 12.5. The molecule has 28 heavy (non-hydrogen) atoms. The highest BCUT2D eigenvalue weighted by Gasteiger charge is 2.34. The summed E-state index contributed by atoms with van der Waals surface area (Å²) in [6.07, 6.45) is -0.182. The first-order valence-corrected chi connectivity index (χ1v) is 9.71. The van der Waals surface area contributed by atoms with Gasteiger partial charge in [0, 0.05) is 16.9 Å². The molecule has 2 atom stereocenters. The van der Waals surface area contributed by atoms with Crippen molar-refractivity contribution in [3.63, 3.8) is 0 Å². The van der Waals surface area contributed by atoms with E-state index in [1.54, 1.807) is 7.11 Å². The largest absolute Gasteiger partial charge is 0.497 e. The third kappa shape index (κ3) is 7.40. The molecular weight excluding hydrogens is 384 g/mol. The lowest BCUT2D eigenvalue weighted by molar-refractivity contribution is -0.144. The Balaban J connectivity index is 2.66. The minimum absolute atomic E-state index is 0.0696. The van der Waals surface area contributed by atoms with Crippen LogP contribution in [-0.4, -0.2) is 54.0 Å². The summed E-state index contributed by atoms with van der Waals surface area (Å²) in [6.45, 7) is 3.66. The highest BCUT2D eigenvalue weighted by molar-refractivity contribution is 7.99. The van der Waals surface area contributed by atoms with Crippen LogP contribution in [0.4, 0.5) is 0 Å². The van der Waals surface area contributed by atoms with Crippen LogP contribution < -0.4 is 15.8 Å². The van der Waals surface area contributed by atoms with E-state index in [-0.39, 0.29) is 12.8 Å². The van der Waals surface area contributed by atoms with E-state index in [0.717, 1.165) is 11.3 Å². The fraction of sp³-hybridized carbons (Fsp3) is 0.526. The molecule has 2 unspecified atom stereocenters. The minimum atomic E-state index is -1.23. The molecule has 0 saturated heterocycles. The molecule has 0 radical (unpaired) electrons. The lowest BCUT2D eigenvalue weighted by Crippen LogP contribution is -2.55. The van der Waals surface area contributed by atoms with Gasteiger partial charge in [-0.1, -0.05) is 12.1 Å². The van der Waals surface area contributed by atoms with Crippen molar-refractivity contribution in [1.82, 2.24) is 5.32 Å². The van der Waals surface area contributed by atoms with Crippen LogP contribution in [0.5, 0.6) is 5.75 Å². The van der Waals surface area contributed by atoms with Gasteiger partial charge in [-0.25, -0.2) is 4.79 Å². The van der Waals surface area contributed by atoms with E-state index in [9.17, 15) is 19.5 Å². The van der Waals surface area contributed by atoms with Crippen molar-refractivity contribution in [1.29, 1.82) is 0 Å². The number of thioether (sulfide) groups is 1. The molecule has 1 aromatic rings. The normalized spacial score (nSPS) is 13.3. The van der Waals surface area contributed by atoms with Gasteiger partial charge in [-0.15, -0.1) is 11.8 Å². The van der Waals surface area contributed by atoms with Crippen LogP contribution in [0.2, 0.25) is 0 Å². The number of esters is 1. The van der Waals surface area contributed by atoms with Gasteiger partial charge in [-0.2, -0.15) is 0 Å². The number of carboxylic acids is 1. The summed E-state index contributed by atoms with van der Waals surface area (Å²) >= 11 is 1.49. The van der Waals surface area contributed by atoms with Crippen LogP contribution in [0.3, 0.4) is 0 Å². The number of ether oxygens (including phenoxy) is 2. The maximum Gasteiger partial charge on any atom is 0.326 e. The van der Waals surface area contributed by atoms with E-state index in [0.29, 0.717) is 5.75 Å². The van der Waals surface area contributed by atoms with Crippen molar-refractivity contribution < 1.29 is 29.0 Å². The summed E-state index contributed by atoms with van der Waals surface area (Å²) in [5.41, 5.74) is 7.15. The predicted octanol–water partition coefficient (Wildman–Crippen LogP) is 1.56. The average Bonchev–Trinajstić information content (AvgIpc) is 2.68. The monoisotopic (exact) mass is 412 g/mol. The molecule has 0 spiro atoms. The first-order valence-electron chi connectivity index (χ1n) is 8.73. The first kappa shape index (κ1) is 23.8. The van der Waals surface area contributed by atoms with Crippen LogP contribution in [0.1, 0.15) is 32.3 Å². The number of carboxylic acid groups (broad SMARTS) is 1.